The molecule has 2 atom stereocenters. The van der Waals surface area contributed by atoms with Gasteiger partial charge in [-0.15, -0.1) is 0 Å². The van der Waals surface area contributed by atoms with Crippen LogP contribution in [0.5, 0.6) is 0 Å². The van der Waals surface area contributed by atoms with Gasteiger partial charge in [-0.1, -0.05) is 17.7 Å². The summed E-state index contributed by atoms with van der Waals surface area (Å²) >= 11 is 8.32. The van der Waals surface area contributed by atoms with E-state index in [2.05, 4.69) is 51.9 Å². The number of benzene rings is 2. The standard InChI is InChI=1S/C30H33ClFN7OS/c1-17-7-8-24-22(12-33-41-24)25(17)26-23(31)11-21-28(27(26)32)34-30(38-15-20(16-38)36(4)5)35-29(21)39-14-18(2)37(9-6-10-40)13-19(39)3/h6-12,18-20H,13-16H2,1-5H3/t18-,19+/m1/s1. The topological polar surface area (TPSA) is 68.7 Å². The highest BCUT2D eigenvalue weighted by atomic mass is 35.5. The fourth-order valence-electron chi connectivity index (χ4n) is 5.89. The molecule has 214 valence electrons. The van der Waals surface area contributed by atoms with Crippen LogP contribution in [0.15, 0.2) is 36.7 Å². The number of carbonyl (C=O) groups is 1. The molecule has 41 heavy (non-hydrogen) atoms. The molecular weight excluding hydrogens is 561 g/mol. The molecule has 6 rings (SSSR count). The zero-order valence-corrected chi connectivity index (χ0v) is 25.4. The molecule has 2 aliphatic rings. The zero-order valence-electron chi connectivity index (χ0n) is 23.8. The summed E-state index contributed by atoms with van der Waals surface area (Å²) < 4.78 is 22.2. The van der Waals surface area contributed by atoms with Gasteiger partial charge in [0.2, 0.25) is 5.95 Å². The van der Waals surface area contributed by atoms with E-state index in [0.29, 0.717) is 46.9 Å². The van der Waals surface area contributed by atoms with Crippen LogP contribution >= 0.6 is 23.1 Å². The fourth-order valence-corrected chi connectivity index (χ4v) is 6.83. The van der Waals surface area contributed by atoms with E-state index in [0.717, 1.165) is 40.6 Å². The van der Waals surface area contributed by atoms with Gasteiger partial charge in [-0.3, -0.25) is 4.79 Å². The van der Waals surface area contributed by atoms with Gasteiger partial charge in [-0.05, 0) is 75.7 Å². The van der Waals surface area contributed by atoms with Crippen molar-refractivity contribution < 1.29 is 9.18 Å². The quantitative estimate of drug-likeness (QED) is 0.218. The maximum atomic E-state index is 16.8. The minimum atomic E-state index is -0.447. The van der Waals surface area contributed by atoms with E-state index in [4.69, 9.17) is 21.6 Å². The SMILES string of the molecule is Cc1ccc2sncc2c1-c1c(Cl)cc2c(N3C[C@@H](C)N(C=CC=O)C[C@@H]3C)nc(N3CC(N(C)C)C3)nc2c1F. The van der Waals surface area contributed by atoms with Gasteiger partial charge in [0, 0.05) is 73.0 Å². The lowest BCUT2D eigenvalue weighted by Gasteiger charge is -2.45. The molecule has 0 radical (unpaired) electrons. The molecule has 2 aromatic carbocycles. The lowest BCUT2D eigenvalue weighted by atomic mass is 9.95. The third kappa shape index (κ3) is 4.81. The summed E-state index contributed by atoms with van der Waals surface area (Å²) in [5.74, 6) is 0.751. The molecule has 8 nitrogen and oxygen atoms in total. The Morgan fingerprint density at radius 2 is 1.85 bits per heavy atom. The van der Waals surface area contributed by atoms with E-state index in [-0.39, 0.29) is 17.6 Å². The maximum absolute atomic E-state index is 16.8. The first-order valence-electron chi connectivity index (χ1n) is 13.8. The first kappa shape index (κ1) is 27.8. The number of fused-ring (bicyclic) bond motifs is 2. The van der Waals surface area contributed by atoms with Crippen LogP contribution in [0.25, 0.3) is 32.1 Å². The fraction of sp³-hybridized carbons (Fsp3) is 0.400. The second kappa shape index (κ2) is 10.8. The van der Waals surface area contributed by atoms with E-state index in [1.165, 1.54) is 17.6 Å². The average molecular weight is 594 g/mol. The van der Waals surface area contributed by atoms with Crippen LogP contribution in [-0.4, -0.2) is 88.8 Å². The Labute approximate surface area is 248 Å². The molecule has 0 N–H and O–H groups in total. The summed E-state index contributed by atoms with van der Waals surface area (Å²) in [7, 11) is 4.12. The molecule has 4 heterocycles. The highest BCUT2D eigenvalue weighted by Crippen LogP contribution is 2.43. The minimum absolute atomic E-state index is 0.0498. The highest BCUT2D eigenvalue weighted by Gasteiger charge is 2.35. The van der Waals surface area contributed by atoms with E-state index in [1.54, 1.807) is 6.20 Å². The molecule has 0 aliphatic carbocycles. The second-order valence-electron chi connectivity index (χ2n) is 11.3. The summed E-state index contributed by atoms with van der Waals surface area (Å²) in [6.45, 7) is 9.08. The second-order valence-corrected chi connectivity index (χ2v) is 12.6. The first-order valence-corrected chi connectivity index (χ1v) is 14.9. The Kier molecular flexibility index (Phi) is 7.33. The Morgan fingerprint density at radius 3 is 2.59 bits per heavy atom. The third-order valence-corrected chi connectivity index (χ3v) is 9.45. The molecule has 2 aliphatic heterocycles. The highest BCUT2D eigenvalue weighted by molar-refractivity contribution is 7.13. The molecule has 2 saturated heterocycles. The number of aldehydes is 1. The van der Waals surface area contributed by atoms with E-state index in [9.17, 15) is 4.79 Å². The van der Waals surface area contributed by atoms with Crippen molar-refractivity contribution in [1.82, 2.24) is 24.1 Å². The molecule has 11 heteroatoms. The molecule has 0 unspecified atom stereocenters. The van der Waals surface area contributed by atoms with E-state index in [1.807, 2.05) is 31.3 Å². The monoisotopic (exact) mass is 593 g/mol. The van der Waals surface area contributed by atoms with Crippen LogP contribution in [0, 0.1) is 12.7 Å². The summed E-state index contributed by atoms with van der Waals surface area (Å²) in [6.07, 6.45) is 5.92. The van der Waals surface area contributed by atoms with Gasteiger partial charge in [0.1, 0.15) is 17.6 Å². The lowest BCUT2D eigenvalue weighted by molar-refractivity contribution is -0.104. The minimum Gasteiger partial charge on any atom is -0.371 e. The number of hydrogen-bond donors (Lipinski definition) is 0. The number of likely N-dealkylation sites (N-methyl/N-ethyl adjacent to an activating group) is 1. The summed E-state index contributed by atoms with van der Waals surface area (Å²) in [5.41, 5.74) is 2.28. The van der Waals surface area contributed by atoms with Crippen molar-refractivity contribution in [2.75, 3.05) is 50.1 Å². The van der Waals surface area contributed by atoms with Crippen molar-refractivity contribution in [1.29, 1.82) is 0 Å². The molecule has 0 saturated carbocycles. The van der Waals surface area contributed by atoms with Gasteiger partial charge in [-0.25, -0.2) is 9.37 Å². The Bertz CT molecular complexity index is 1670. The van der Waals surface area contributed by atoms with Crippen molar-refractivity contribution in [2.24, 2.45) is 0 Å². The lowest BCUT2D eigenvalue weighted by Crippen LogP contribution is -2.58. The van der Waals surface area contributed by atoms with Gasteiger partial charge in [0.25, 0.3) is 0 Å². The summed E-state index contributed by atoms with van der Waals surface area (Å²) in [6, 6.07) is 6.37. The third-order valence-electron chi connectivity index (χ3n) is 8.39. The van der Waals surface area contributed by atoms with Crippen LogP contribution in [0.3, 0.4) is 0 Å². The molecule has 4 aromatic rings. The van der Waals surface area contributed by atoms with Crippen LogP contribution in [0.2, 0.25) is 5.02 Å². The normalized spacial score (nSPS) is 20.1. The molecule has 2 fully saturated rings. The van der Waals surface area contributed by atoms with Gasteiger partial charge in [0.05, 0.1) is 9.72 Å². The van der Waals surface area contributed by atoms with Crippen molar-refractivity contribution in [3.8, 4) is 11.1 Å². The van der Waals surface area contributed by atoms with Crippen molar-refractivity contribution >= 4 is 62.2 Å². The number of carbonyl (C=O) groups excluding carboxylic acids is 1. The molecule has 2 aromatic heterocycles. The van der Waals surface area contributed by atoms with E-state index < -0.39 is 5.82 Å². The average Bonchev–Trinajstić information content (AvgIpc) is 3.38. The smallest absolute Gasteiger partial charge is 0.228 e. The number of aromatic nitrogens is 3. The number of rotatable bonds is 6. The zero-order chi connectivity index (χ0) is 29.0. The van der Waals surface area contributed by atoms with Gasteiger partial charge < -0.3 is 19.6 Å². The number of hydrogen-bond acceptors (Lipinski definition) is 9. The number of piperazine rings is 1. The molecule has 0 bridgehead atoms. The number of nitrogens with zero attached hydrogens (tertiary/aromatic N) is 7. The molecule has 0 spiro atoms. The van der Waals surface area contributed by atoms with Crippen LogP contribution in [0.4, 0.5) is 16.2 Å². The largest absolute Gasteiger partial charge is 0.371 e. The van der Waals surface area contributed by atoms with Crippen molar-refractivity contribution in [2.45, 2.75) is 38.9 Å². The van der Waals surface area contributed by atoms with Crippen LogP contribution < -0.4 is 9.80 Å². The van der Waals surface area contributed by atoms with Crippen molar-refractivity contribution in [3.05, 3.63) is 53.1 Å². The van der Waals surface area contributed by atoms with Crippen LogP contribution in [-0.2, 0) is 4.79 Å². The first-order chi connectivity index (χ1) is 19.7. The van der Waals surface area contributed by atoms with Gasteiger partial charge in [-0.2, -0.15) is 9.36 Å². The number of aryl methyl sites for hydroxylation is 1. The van der Waals surface area contributed by atoms with Gasteiger partial charge in [0.15, 0.2) is 5.82 Å². The van der Waals surface area contributed by atoms with Crippen molar-refractivity contribution in [3.63, 3.8) is 0 Å². The Morgan fingerprint density at radius 1 is 1.07 bits per heavy atom. The Balaban J connectivity index is 1.53. The summed E-state index contributed by atoms with van der Waals surface area (Å²) in [5, 5.41) is 1.79. The van der Waals surface area contributed by atoms with E-state index >= 15 is 4.39 Å². The Hall–Kier alpha value is -3.34. The summed E-state index contributed by atoms with van der Waals surface area (Å²) in [4.78, 5) is 29.5. The predicted molar refractivity (Wildman–Crippen MR) is 166 cm³/mol. The van der Waals surface area contributed by atoms with Gasteiger partial charge >= 0.3 is 0 Å². The molecular formula is C30H33ClFN7OS. The molecule has 0 amide bonds. The maximum Gasteiger partial charge on any atom is 0.228 e. The van der Waals surface area contributed by atoms with Crippen LogP contribution in [0.1, 0.15) is 19.4 Å². The number of anilines is 2. The number of halogens is 2. The number of allylic oxidation sites excluding steroid dienone is 1. The predicted octanol–water partition coefficient (Wildman–Crippen LogP) is 5.37.